The number of nitrogens with zero attached hydrogens (tertiary/aromatic N) is 3. The normalized spacial score (nSPS) is 11.5. The van der Waals surface area contributed by atoms with E-state index in [0.717, 1.165) is 4.57 Å². The fraction of sp³-hybridized carbons (Fsp3) is 0. The van der Waals surface area contributed by atoms with Crippen LogP contribution < -0.4 is 11.2 Å². The van der Waals surface area contributed by atoms with E-state index in [9.17, 15) is 9.59 Å². The highest BCUT2D eigenvalue weighted by Gasteiger charge is 2.24. The van der Waals surface area contributed by atoms with Gasteiger partial charge in [0.1, 0.15) is 21.0 Å². The van der Waals surface area contributed by atoms with Gasteiger partial charge in [0.2, 0.25) is 0 Å². The SMILES string of the molecule is O=c1[nH]c2c(sc3nnc(-c4ccco4)c(-c4ccco4)c32)c(=O)n1-c1ccccc1. The largest absolute Gasteiger partial charge is 0.464 e. The predicted molar refractivity (Wildman–Crippen MR) is 117 cm³/mol. The van der Waals surface area contributed by atoms with E-state index in [0.29, 0.717) is 48.9 Å². The van der Waals surface area contributed by atoms with Crippen molar-refractivity contribution in [2.45, 2.75) is 0 Å². The van der Waals surface area contributed by atoms with Crippen LogP contribution >= 0.6 is 11.3 Å². The zero-order valence-electron chi connectivity index (χ0n) is 15.7. The second kappa shape index (κ2) is 6.64. The first-order valence-corrected chi connectivity index (χ1v) is 10.2. The van der Waals surface area contributed by atoms with E-state index in [1.807, 2.05) is 6.07 Å². The van der Waals surface area contributed by atoms with Gasteiger partial charge in [-0.25, -0.2) is 9.36 Å². The molecule has 150 valence electrons. The first kappa shape index (κ1) is 17.6. The third-order valence-corrected chi connectivity index (χ3v) is 6.05. The standard InChI is InChI=1S/C22H12N4O4S/c27-21-19-18(23-22(28)26(21)12-6-2-1-3-7-12)16-15(13-8-4-10-29-13)17(14-9-5-11-30-14)24-25-20(16)31-19/h1-11H,(H,23,28). The molecular formula is C22H12N4O4S. The van der Waals surface area contributed by atoms with Crippen LogP contribution in [0.3, 0.4) is 0 Å². The van der Waals surface area contributed by atoms with Gasteiger partial charge in [0, 0.05) is 0 Å². The highest BCUT2D eigenvalue weighted by Crippen LogP contribution is 2.41. The molecule has 0 atom stereocenters. The van der Waals surface area contributed by atoms with Gasteiger partial charge in [-0.15, -0.1) is 21.5 Å². The topological polar surface area (TPSA) is 107 Å². The molecule has 9 heteroatoms. The molecule has 6 aromatic rings. The summed E-state index contributed by atoms with van der Waals surface area (Å²) in [5, 5.41) is 9.24. The number of fused-ring (bicyclic) bond motifs is 3. The van der Waals surface area contributed by atoms with E-state index < -0.39 is 11.2 Å². The maximum atomic E-state index is 13.3. The number of hydrogen-bond donors (Lipinski definition) is 1. The molecule has 0 saturated carbocycles. The molecule has 0 aliphatic rings. The Labute approximate surface area is 177 Å². The van der Waals surface area contributed by atoms with Gasteiger partial charge in [-0.3, -0.25) is 4.79 Å². The zero-order valence-corrected chi connectivity index (χ0v) is 16.6. The van der Waals surface area contributed by atoms with Crippen molar-refractivity contribution in [1.82, 2.24) is 19.7 Å². The maximum absolute atomic E-state index is 13.3. The highest BCUT2D eigenvalue weighted by atomic mass is 32.1. The molecule has 0 aliphatic heterocycles. The molecule has 0 bridgehead atoms. The van der Waals surface area contributed by atoms with E-state index in [2.05, 4.69) is 15.2 Å². The van der Waals surface area contributed by atoms with E-state index in [-0.39, 0.29) is 0 Å². The number of furan rings is 2. The third-order valence-electron chi connectivity index (χ3n) is 4.99. The van der Waals surface area contributed by atoms with Crippen molar-refractivity contribution >= 4 is 31.8 Å². The van der Waals surface area contributed by atoms with Crippen LogP contribution in [0.2, 0.25) is 0 Å². The van der Waals surface area contributed by atoms with Gasteiger partial charge in [0.05, 0.1) is 34.7 Å². The summed E-state index contributed by atoms with van der Waals surface area (Å²) in [7, 11) is 0. The second-order valence-electron chi connectivity index (χ2n) is 6.77. The van der Waals surface area contributed by atoms with Crippen LogP contribution in [0.1, 0.15) is 0 Å². The summed E-state index contributed by atoms with van der Waals surface area (Å²) in [5.41, 5.74) is 0.991. The number of benzene rings is 1. The Balaban J connectivity index is 1.77. The summed E-state index contributed by atoms with van der Waals surface area (Å²) in [6.07, 6.45) is 3.09. The average molecular weight is 428 g/mol. The smallest absolute Gasteiger partial charge is 0.333 e. The lowest BCUT2D eigenvalue weighted by Gasteiger charge is -2.06. The van der Waals surface area contributed by atoms with Crippen LogP contribution in [-0.4, -0.2) is 19.7 Å². The number of aromatic nitrogens is 4. The molecule has 6 rings (SSSR count). The minimum Gasteiger partial charge on any atom is -0.464 e. The molecule has 1 aromatic carbocycles. The van der Waals surface area contributed by atoms with Gasteiger partial charge in [-0.05, 0) is 36.4 Å². The van der Waals surface area contributed by atoms with Gasteiger partial charge in [-0.2, -0.15) is 0 Å². The summed E-state index contributed by atoms with van der Waals surface area (Å²) in [5.74, 6) is 1.03. The van der Waals surface area contributed by atoms with Crippen LogP contribution in [0.15, 0.2) is 85.5 Å². The Kier molecular flexibility index (Phi) is 3.77. The van der Waals surface area contributed by atoms with E-state index in [4.69, 9.17) is 8.83 Å². The molecule has 0 radical (unpaired) electrons. The zero-order chi connectivity index (χ0) is 20.9. The Morgan fingerprint density at radius 3 is 2.32 bits per heavy atom. The summed E-state index contributed by atoms with van der Waals surface area (Å²) in [6.45, 7) is 0. The van der Waals surface area contributed by atoms with E-state index >= 15 is 0 Å². The van der Waals surface area contributed by atoms with Crippen LogP contribution in [0.5, 0.6) is 0 Å². The fourth-order valence-corrected chi connectivity index (χ4v) is 4.68. The van der Waals surface area contributed by atoms with Crippen molar-refractivity contribution in [2.24, 2.45) is 0 Å². The first-order valence-electron chi connectivity index (χ1n) is 9.34. The molecule has 5 aromatic heterocycles. The van der Waals surface area contributed by atoms with Crippen LogP contribution in [0.4, 0.5) is 0 Å². The molecule has 8 nitrogen and oxygen atoms in total. The Hall–Kier alpha value is -4.24. The average Bonchev–Trinajstić information content (AvgIpc) is 3.55. The van der Waals surface area contributed by atoms with Gasteiger partial charge in [-0.1, -0.05) is 18.2 Å². The van der Waals surface area contributed by atoms with Crippen molar-refractivity contribution < 1.29 is 8.83 Å². The van der Waals surface area contributed by atoms with Crippen molar-refractivity contribution in [2.75, 3.05) is 0 Å². The Bertz CT molecular complexity index is 1660. The number of aromatic amines is 1. The van der Waals surface area contributed by atoms with E-state index in [1.165, 1.54) is 11.3 Å². The monoisotopic (exact) mass is 428 g/mol. The number of rotatable bonds is 3. The molecule has 0 unspecified atom stereocenters. The molecule has 0 aliphatic carbocycles. The summed E-state index contributed by atoms with van der Waals surface area (Å²) in [6, 6.07) is 15.8. The molecule has 0 saturated heterocycles. The van der Waals surface area contributed by atoms with E-state index in [1.54, 1.807) is 61.1 Å². The van der Waals surface area contributed by atoms with Gasteiger partial charge >= 0.3 is 5.69 Å². The van der Waals surface area contributed by atoms with Crippen molar-refractivity contribution in [3.63, 3.8) is 0 Å². The molecule has 1 N–H and O–H groups in total. The molecule has 0 amide bonds. The lowest BCUT2D eigenvalue weighted by molar-refractivity contribution is 0.573. The molecule has 31 heavy (non-hydrogen) atoms. The predicted octanol–water partition coefficient (Wildman–Crippen LogP) is 4.20. The quantitative estimate of drug-likeness (QED) is 0.453. The summed E-state index contributed by atoms with van der Waals surface area (Å²) in [4.78, 5) is 29.6. The van der Waals surface area contributed by atoms with Crippen LogP contribution in [0.25, 0.3) is 48.9 Å². The van der Waals surface area contributed by atoms with Gasteiger partial charge < -0.3 is 13.8 Å². The number of nitrogens with one attached hydrogen (secondary N) is 1. The van der Waals surface area contributed by atoms with Gasteiger partial charge in [0.15, 0.2) is 5.76 Å². The fourth-order valence-electron chi connectivity index (χ4n) is 3.67. The summed E-state index contributed by atoms with van der Waals surface area (Å²) >= 11 is 1.17. The van der Waals surface area contributed by atoms with Crippen molar-refractivity contribution in [3.8, 4) is 28.5 Å². The first-order chi connectivity index (χ1) is 15.2. The van der Waals surface area contributed by atoms with Crippen molar-refractivity contribution in [3.05, 3.63) is 88.0 Å². The Morgan fingerprint density at radius 2 is 1.61 bits per heavy atom. The summed E-state index contributed by atoms with van der Waals surface area (Å²) < 4.78 is 12.7. The van der Waals surface area contributed by atoms with Gasteiger partial charge in [0.25, 0.3) is 5.56 Å². The number of hydrogen-bond acceptors (Lipinski definition) is 7. The highest BCUT2D eigenvalue weighted by molar-refractivity contribution is 7.25. The van der Waals surface area contributed by atoms with Crippen LogP contribution in [0, 0.1) is 0 Å². The second-order valence-corrected chi connectivity index (χ2v) is 7.77. The minimum atomic E-state index is -0.537. The minimum absolute atomic E-state index is 0.372. The van der Waals surface area contributed by atoms with Crippen LogP contribution in [-0.2, 0) is 0 Å². The lowest BCUT2D eigenvalue weighted by atomic mass is 10.1. The number of para-hydroxylation sites is 1. The Morgan fingerprint density at radius 1 is 0.871 bits per heavy atom. The molecular weight excluding hydrogens is 416 g/mol. The number of thiophene rings is 1. The lowest BCUT2D eigenvalue weighted by Crippen LogP contribution is -2.32. The molecule has 5 heterocycles. The molecule has 0 spiro atoms. The molecule has 0 fully saturated rings. The maximum Gasteiger partial charge on any atom is 0.333 e. The number of H-pyrrole nitrogens is 1. The third kappa shape index (κ3) is 2.60. The van der Waals surface area contributed by atoms with Crippen molar-refractivity contribution in [1.29, 1.82) is 0 Å².